The number of aliphatic hydroxyl groups is 1. The molecule has 0 atom stereocenters. The number of benzene rings is 2. The van der Waals surface area contributed by atoms with Crippen LogP contribution in [0.15, 0.2) is 64.8 Å². The summed E-state index contributed by atoms with van der Waals surface area (Å²) in [6, 6.07) is 20.7. The summed E-state index contributed by atoms with van der Waals surface area (Å²) < 4.78 is 6.36. The Morgan fingerprint density at radius 3 is 2.05 bits per heavy atom. The molecule has 4 nitrogen and oxygen atoms in total. The molecule has 2 aromatic carbocycles. The number of hydrogen-bond acceptors (Lipinski definition) is 4. The minimum Gasteiger partial charge on any atom is -0.512 e. The van der Waals surface area contributed by atoms with Gasteiger partial charge >= 0.3 is 0 Å². The third-order valence-electron chi connectivity index (χ3n) is 6.55. The zero-order valence-corrected chi connectivity index (χ0v) is 27.8. The number of carbonyl (C=O) groups is 1. The fourth-order valence-electron chi connectivity index (χ4n) is 4.61. The summed E-state index contributed by atoms with van der Waals surface area (Å²) in [5, 5.41) is 8.36. The molecular weight excluding hydrogens is 675 g/mol. The van der Waals surface area contributed by atoms with E-state index in [-0.39, 0.29) is 37.1 Å². The number of rotatable bonds is 5. The standard InChI is InChI=1S/C30H34NO.C5H8O2.Ir/c1-18(2)23-10-9-11-24(19(3)4)29(23)28-17-26-27(32-28)13-12-25(31-26)21-14-20(5)15-22(16-21)30(6,7)8;1-4(6)3-5(2)7;/h9-13,15-19H,1-8H3;3,6H,1-2H3;/q-1;;/b;4-3-;. The second-order valence-corrected chi connectivity index (χ2v) is 11.9. The van der Waals surface area contributed by atoms with Crippen molar-refractivity contribution < 1.29 is 34.4 Å². The van der Waals surface area contributed by atoms with Crippen molar-refractivity contribution in [2.45, 2.75) is 86.5 Å². The van der Waals surface area contributed by atoms with Gasteiger partial charge in [-0.3, -0.25) is 9.78 Å². The van der Waals surface area contributed by atoms with Crippen molar-refractivity contribution >= 4 is 16.9 Å². The average molecular weight is 717 g/mol. The van der Waals surface area contributed by atoms with Crippen LogP contribution in [-0.4, -0.2) is 15.9 Å². The molecular formula is C35H42IrNO3-. The van der Waals surface area contributed by atoms with Crippen LogP contribution in [0.4, 0.5) is 0 Å². The molecule has 2 heterocycles. The van der Waals surface area contributed by atoms with Gasteiger partial charge in [-0.1, -0.05) is 79.7 Å². The van der Waals surface area contributed by atoms with Gasteiger partial charge in [-0.25, -0.2) is 0 Å². The van der Waals surface area contributed by atoms with Crippen molar-refractivity contribution in [3.63, 3.8) is 0 Å². The first-order valence-electron chi connectivity index (χ1n) is 13.6. The summed E-state index contributed by atoms with van der Waals surface area (Å²) >= 11 is 0. The number of aromatic nitrogens is 1. The molecule has 0 aliphatic rings. The summed E-state index contributed by atoms with van der Waals surface area (Å²) in [5.74, 6) is 1.67. The topological polar surface area (TPSA) is 63.3 Å². The predicted octanol–water partition coefficient (Wildman–Crippen LogP) is 9.85. The number of allylic oxidation sites excluding steroid dienone is 2. The smallest absolute Gasteiger partial charge is 0.155 e. The zero-order valence-electron chi connectivity index (χ0n) is 25.4. The Morgan fingerprint density at radius 2 is 1.57 bits per heavy atom. The number of fused-ring (bicyclic) bond motifs is 1. The van der Waals surface area contributed by atoms with E-state index in [1.807, 2.05) is 12.1 Å². The number of aliphatic hydroxyl groups excluding tert-OH is 1. The number of aryl methyl sites for hydroxylation is 1. The monoisotopic (exact) mass is 717 g/mol. The van der Waals surface area contributed by atoms with Crippen molar-refractivity contribution in [3.05, 3.63) is 88.7 Å². The summed E-state index contributed by atoms with van der Waals surface area (Å²) in [7, 11) is 0. The summed E-state index contributed by atoms with van der Waals surface area (Å²) in [5.41, 5.74) is 10.0. The van der Waals surface area contributed by atoms with E-state index in [0.29, 0.717) is 11.8 Å². The van der Waals surface area contributed by atoms with Crippen LogP contribution in [0.25, 0.3) is 33.7 Å². The van der Waals surface area contributed by atoms with Gasteiger partial charge < -0.3 is 9.52 Å². The molecule has 0 aliphatic heterocycles. The molecule has 0 amide bonds. The Kier molecular flexibility index (Phi) is 11.3. The number of nitrogens with zero attached hydrogens (tertiary/aromatic N) is 1. The molecule has 0 unspecified atom stereocenters. The van der Waals surface area contributed by atoms with Gasteiger partial charge in [0.15, 0.2) is 11.4 Å². The first-order valence-corrected chi connectivity index (χ1v) is 13.6. The summed E-state index contributed by atoms with van der Waals surface area (Å²) in [4.78, 5) is 15.0. The Balaban J connectivity index is 0.000000623. The summed E-state index contributed by atoms with van der Waals surface area (Å²) in [6.07, 6.45) is 1.17. The first kappa shape index (κ1) is 33.2. The van der Waals surface area contributed by atoms with Gasteiger partial charge in [-0.2, -0.15) is 0 Å². The van der Waals surface area contributed by atoms with Gasteiger partial charge in [-0.05, 0) is 54.0 Å². The normalized spacial score (nSPS) is 11.8. The van der Waals surface area contributed by atoms with Crippen LogP contribution in [0.5, 0.6) is 0 Å². The van der Waals surface area contributed by atoms with E-state index in [2.05, 4.69) is 97.9 Å². The summed E-state index contributed by atoms with van der Waals surface area (Å²) in [6.45, 7) is 20.6. The quantitative estimate of drug-likeness (QED) is 0.127. The van der Waals surface area contributed by atoms with Gasteiger partial charge in [0.1, 0.15) is 5.76 Å². The maximum Gasteiger partial charge on any atom is 0.155 e. The predicted molar refractivity (Wildman–Crippen MR) is 162 cm³/mol. The van der Waals surface area contributed by atoms with Crippen molar-refractivity contribution in [2.75, 3.05) is 0 Å². The maximum absolute atomic E-state index is 10.0. The minimum absolute atomic E-state index is 0. The fraction of sp³-hybridized carbons (Fsp3) is 0.371. The second-order valence-electron chi connectivity index (χ2n) is 11.9. The van der Waals surface area contributed by atoms with Crippen molar-refractivity contribution in [2.24, 2.45) is 0 Å². The number of hydrogen-bond donors (Lipinski definition) is 1. The third-order valence-corrected chi connectivity index (χ3v) is 6.55. The molecule has 5 heteroatoms. The molecule has 2 aromatic heterocycles. The van der Waals surface area contributed by atoms with E-state index in [0.717, 1.165) is 33.7 Å². The molecule has 1 N–H and O–H groups in total. The van der Waals surface area contributed by atoms with Crippen LogP contribution >= 0.6 is 0 Å². The van der Waals surface area contributed by atoms with Crippen LogP contribution < -0.4 is 0 Å². The molecule has 0 bridgehead atoms. The molecule has 4 aromatic rings. The van der Waals surface area contributed by atoms with E-state index >= 15 is 0 Å². The molecule has 215 valence electrons. The Bertz CT molecular complexity index is 1470. The van der Waals surface area contributed by atoms with Crippen LogP contribution in [0.3, 0.4) is 0 Å². The van der Waals surface area contributed by atoms with E-state index in [1.165, 1.54) is 42.2 Å². The fourth-order valence-corrected chi connectivity index (χ4v) is 4.61. The molecule has 40 heavy (non-hydrogen) atoms. The number of ketones is 1. The average Bonchev–Trinajstić information content (AvgIpc) is 3.25. The first-order chi connectivity index (χ1) is 18.2. The molecule has 0 fully saturated rings. The van der Waals surface area contributed by atoms with Gasteiger partial charge in [0.2, 0.25) is 0 Å². The van der Waals surface area contributed by atoms with Crippen LogP contribution in [0.2, 0.25) is 0 Å². The van der Waals surface area contributed by atoms with E-state index in [4.69, 9.17) is 14.5 Å². The van der Waals surface area contributed by atoms with E-state index in [1.54, 1.807) is 0 Å². The molecule has 0 saturated carbocycles. The Labute approximate surface area is 253 Å². The van der Waals surface area contributed by atoms with Gasteiger partial charge in [0.25, 0.3) is 0 Å². The molecule has 0 aliphatic carbocycles. The Morgan fingerprint density at radius 1 is 0.975 bits per heavy atom. The van der Waals surface area contributed by atoms with E-state index in [9.17, 15) is 4.79 Å². The van der Waals surface area contributed by atoms with Crippen molar-refractivity contribution in [1.82, 2.24) is 4.98 Å². The van der Waals surface area contributed by atoms with Gasteiger partial charge in [-0.15, -0.1) is 34.9 Å². The number of carbonyl (C=O) groups excluding carboxylic acids is 1. The number of pyridine rings is 1. The molecule has 0 spiro atoms. The number of furan rings is 1. The van der Waals surface area contributed by atoms with Crippen LogP contribution in [-0.2, 0) is 30.3 Å². The van der Waals surface area contributed by atoms with Crippen LogP contribution in [0, 0.1) is 13.0 Å². The largest absolute Gasteiger partial charge is 0.512 e. The van der Waals surface area contributed by atoms with Crippen LogP contribution in [0.1, 0.15) is 96.4 Å². The molecule has 0 saturated heterocycles. The minimum atomic E-state index is -0.125. The second kappa shape index (κ2) is 13.6. The maximum atomic E-state index is 10.0. The molecule has 4 rings (SSSR count). The molecule has 1 radical (unpaired) electrons. The zero-order chi connectivity index (χ0) is 29.1. The SMILES string of the molecule is CC(=O)/C=C(/C)O.Cc1[c-]c(-c2ccc3oc(-c4c(C(C)C)cccc4C(C)C)cc3n2)cc(C(C)(C)C)c1.[Ir]. The Hall–Kier alpha value is -3.01. The van der Waals surface area contributed by atoms with Gasteiger partial charge in [0.05, 0.1) is 11.3 Å². The third kappa shape index (κ3) is 8.25. The van der Waals surface area contributed by atoms with Crippen molar-refractivity contribution in [1.29, 1.82) is 0 Å². The van der Waals surface area contributed by atoms with Crippen molar-refractivity contribution in [3.8, 4) is 22.6 Å². The van der Waals surface area contributed by atoms with Gasteiger partial charge in [0, 0.05) is 37.8 Å². The van der Waals surface area contributed by atoms with E-state index < -0.39 is 0 Å².